The van der Waals surface area contributed by atoms with E-state index in [-0.39, 0.29) is 23.0 Å². The molecule has 0 spiro atoms. The average molecular weight is 317 g/mol. The summed E-state index contributed by atoms with van der Waals surface area (Å²) in [5.74, 6) is -0.311. The zero-order valence-corrected chi connectivity index (χ0v) is 13.0. The second kappa shape index (κ2) is 7.04. The number of carbonyl (C=O) groups excluding carboxylic acids is 2. The number of aryl methyl sites for hydroxylation is 1. The van der Waals surface area contributed by atoms with Crippen LogP contribution in [-0.4, -0.2) is 27.4 Å². The van der Waals surface area contributed by atoms with Gasteiger partial charge in [0, 0.05) is 17.3 Å². The fraction of sp³-hybridized carbons (Fsp3) is 0.200. The molecule has 0 aliphatic heterocycles. The van der Waals surface area contributed by atoms with Gasteiger partial charge in [-0.05, 0) is 26.0 Å². The molecule has 0 fully saturated rings. The van der Waals surface area contributed by atoms with Crippen molar-refractivity contribution >= 4 is 29.1 Å². The molecular formula is C15H15N3O3S. The molecule has 2 N–H and O–H groups in total. The van der Waals surface area contributed by atoms with E-state index in [0.717, 1.165) is 11.8 Å². The third kappa shape index (κ3) is 4.29. The number of anilines is 1. The van der Waals surface area contributed by atoms with Gasteiger partial charge in [-0.1, -0.05) is 23.9 Å². The van der Waals surface area contributed by atoms with Crippen LogP contribution in [0.25, 0.3) is 0 Å². The molecule has 1 aromatic heterocycles. The Kier molecular flexibility index (Phi) is 5.11. The van der Waals surface area contributed by atoms with E-state index in [0.29, 0.717) is 22.1 Å². The summed E-state index contributed by atoms with van der Waals surface area (Å²) in [5, 5.41) is 3.08. The van der Waals surface area contributed by atoms with E-state index < -0.39 is 0 Å². The Morgan fingerprint density at radius 3 is 2.73 bits per heavy atom. The summed E-state index contributed by atoms with van der Waals surface area (Å²) in [6, 6.07) is 8.20. The second-order valence-electron chi connectivity index (χ2n) is 4.63. The monoisotopic (exact) mass is 317 g/mol. The number of H-pyrrole nitrogens is 1. The van der Waals surface area contributed by atoms with Gasteiger partial charge in [0.2, 0.25) is 5.91 Å². The molecule has 7 heteroatoms. The van der Waals surface area contributed by atoms with Crippen molar-refractivity contribution in [2.24, 2.45) is 0 Å². The Morgan fingerprint density at radius 1 is 1.32 bits per heavy atom. The molecule has 0 aliphatic carbocycles. The molecule has 22 heavy (non-hydrogen) atoms. The molecule has 1 aromatic carbocycles. The number of nitrogens with one attached hydrogen (secondary N) is 2. The molecule has 0 radical (unpaired) electrons. The van der Waals surface area contributed by atoms with Crippen molar-refractivity contribution in [3.63, 3.8) is 0 Å². The van der Waals surface area contributed by atoms with Crippen LogP contribution in [0.1, 0.15) is 23.0 Å². The number of aromatic amines is 1. The van der Waals surface area contributed by atoms with Crippen LogP contribution in [0, 0.1) is 6.92 Å². The largest absolute Gasteiger partial charge is 0.325 e. The van der Waals surface area contributed by atoms with Crippen LogP contribution in [0.5, 0.6) is 0 Å². The molecule has 1 heterocycles. The van der Waals surface area contributed by atoms with Crippen molar-refractivity contribution < 1.29 is 9.59 Å². The minimum absolute atomic E-state index is 0.0820. The maximum atomic E-state index is 12.0. The smallest absolute Gasteiger partial charge is 0.251 e. The standard InChI is InChI=1S/C15H15N3O3S/c1-9-7-13(20)18-15(16-9)22-8-14(21)17-12-6-4-3-5-11(12)10(2)19/h3-7H,8H2,1-2H3,(H,17,21)(H,16,18,20). The lowest BCUT2D eigenvalue weighted by molar-refractivity contribution is -0.113. The fourth-order valence-electron chi connectivity index (χ4n) is 1.84. The molecule has 0 unspecified atom stereocenters. The third-order valence-electron chi connectivity index (χ3n) is 2.77. The molecular weight excluding hydrogens is 302 g/mol. The molecule has 0 bridgehead atoms. The third-order valence-corrected chi connectivity index (χ3v) is 3.64. The number of thioether (sulfide) groups is 1. The minimum atomic E-state index is -0.275. The summed E-state index contributed by atoms with van der Waals surface area (Å²) >= 11 is 1.13. The van der Waals surface area contributed by atoms with Gasteiger partial charge in [0.05, 0.1) is 11.4 Å². The van der Waals surface area contributed by atoms with Crippen molar-refractivity contribution in [2.45, 2.75) is 19.0 Å². The summed E-state index contributed by atoms with van der Waals surface area (Å²) in [7, 11) is 0. The zero-order valence-electron chi connectivity index (χ0n) is 12.2. The van der Waals surface area contributed by atoms with Crippen molar-refractivity contribution in [1.29, 1.82) is 0 Å². The van der Waals surface area contributed by atoms with E-state index in [9.17, 15) is 14.4 Å². The summed E-state index contributed by atoms with van der Waals surface area (Å²) in [6.45, 7) is 3.16. The van der Waals surface area contributed by atoms with Gasteiger partial charge in [-0.3, -0.25) is 14.4 Å². The number of para-hydroxylation sites is 1. The molecule has 114 valence electrons. The van der Waals surface area contributed by atoms with E-state index >= 15 is 0 Å². The molecule has 0 atom stereocenters. The van der Waals surface area contributed by atoms with Crippen LogP contribution in [0.15, 0.2) is 40.3 Å². The minimum Gasteiger partial charge on any atom is -0.325 e. The number of aromatic nitrogens is 2. The van der Waals surface area contributed by atoms with Gasteiger partial charge in [0.15, 0.2) is 10.9 Å². The summed E-state index contributed by atoms with van der Waals surface area (Å²) in [4.78, 5) is 41.5. The first-order chi connectivity index (χ1) is 10.5. The maximum Gasteiger partial charge on any atom is 0.251 e. The first kappa shape index (κ1) is 16.0. The molecule has 0 saturated heterocycles. The van der Waals surface area contributed by atoms with E-state index in [1.54, 1.807) is 31.2 Å². The van der Waals surface area contributed by atoms with Crippen LogP contribution >= 0.6 is 11.8 Å². The quantitative estimate of drug-likeness (QED) is 0.500. The van der Waals surface area contributed by atoms with Crippen LogP contribution in [-0.2, 0) is 4.79 Å². The highest BCUT2D eigenvalue weighted by atomic mass is 32.2. The SMILES string of the molecule is CC(=O)c1ccccc1NC(=O)CSc1nc(C)cc(=O)[nH]1. The summed E-state index contributed by atoms with van der Waals surface area (Å²) in [6.07, 6.45) is 0. The van der Waals surface area contributed by atoms with E-state index in [1.807, 2.05) is 0 Å². The number of hydrogen-bond donors (Lipinski definition) is 2. The van der Waals surface area contributed by atoms with Crippen molar-refractivity contribution in [2.75, 3.05) is 11.1 Å². The number of carbonyl (C=O) groups is 2. The number of Topliss-reactive ketones (excluding diaryl/α,β-unsaturated/α-hetero) is 1. The highest BCUT2D eigenvalue weighted by Gasteiger charge is 2.10. The summed E-state index contributed by atoms with van der Waals surface area (Å²) in [5.41, 5.74) is 1.28. The van der Waals surface area contributed by atoms with E-state index in [4.69, 9.17) is 0 Å². The normalized spacial score (nSPS) is 10.3. The van der Waals surface area contributed by atoms with Gasteiger partial charge >= 0.3 is 0 Å². The van der Waals surface area contributed by atoms with Crippen molar-refractivity contribution in [1.82, 2.24) is 9.97 Å². The average Bonchev–Trinajstić information content (AvgIpc) is 2.44. The maximum absolute atomic E-state index is 12.0. The Hall–Kier alpha value is -2.41. The van der Waals surface area contributed by atoms with Crippen LogP contribution in [0.2, 0.25) is 0 Å². The van der Waals surface area contributed by atoms with Gasteiger partial charge in [-0.25, -0.2) is 4.98 Å². The molecule has 2 rings (SSSR count). The van der Waals surface area contributed by atoms with E-state index in [1.165, 1.54) is 13.0 Å². The van der Waals surface area contributed by atoms with Crippen LogP contribution < -0.4 is 10.9 Å². The van der Waals surface area contributed by atoms with Crippen molar-refractivity contribution in [3.05, 3.63) is 51.9 Å². The molecule has 0 saturated carbocycles. The Balaban J connectivity index is 2.02. The van der Waals surface area contributed by atoms with Crippen LogP contribution in [0.3, 0.4) is 0 Å². The lowest BCUT2D eigenvalue weighted by Crippen LogP contribution is -2.17. The number of ketones is 1. The Labute approximate surface area is 131 Å². The molecule has 0 aliphatic rings. The fourth-order valence-corrected chi connectivity index (χ4v) is 2.56. The lowest BCUT2D eigenvalue weighted by atomic mass is 10.1. The molecule has 6 nitrogen and oxygen atoms in total. The molecule has 2 aromatic rings. The predicted octanol–water partition coefficient (Wildman–Crippen LogP) is 2.01. The van der Waals surface area contributed by atoms with Gasteiger partial charge in [-0.2, -0.15) is 0 Å². The van der Waals surface area contributed by atoms with Crippen molar-refractivity contribution in [3.8, 4) is 0 Å². The van der Waals surface area contributed by atoms with Crippen LogP contribution in [0.4, 0.5) is 5.69 Å². The first-order valence-electron chi connectivity index (χ1n) is 6.56. The number of nitrogens with zero attached hydrogens (tertiary/aromatic N) is 1. The Bertz CT molecular complexity index is 771. The summed E-state index contributed by atoms with van der Waals surface area (Å²) < 4.78 is 0. The molecule has 1 amide bonds. The van der Waals surface area contributed by atoms with E-state index in [2.05, 4.69) is 15.3 Å². The predicted molar refractivity (Wildman–Crippen MR) is 85.4 cm³/mol. The highest BCUT2D eigenvalue weighted by molar-refractivity contribution is 7.99. The number of hydrogen-bond acceptors (Lipinski definition) is 5. The number of rotatable bonds is 5. The first-order valence-corrected chi connectivity index (χ1v) is 7.55. The van der Waals surface area contributed by atoms with Gasteiger partial charge < -0.3 is 10.3 Å². The lowest BCUT2D eigenvalue weighted by Gasteiger charge is -2.08. The second-order valence-corrected chi connectivity index (χ2v) is 5.59. The topological polar surface area (TPSA) is 91.9 Å². The number of amides is 1. The highest BCUT2D eigenvalue weighted by Crippen LogP contribution is 2.17. The van der Waals surface area contributed by atoms with Gasteiger partial charge in [-0.15, -0.1) is 0 Å². The Morgan fingerprint density at radius 2 is 2.05 bits per heavy atom. The van der Waals surface area contributed by atoms with Gasteiger partial charge in [0.25, 0.3) is 5.56 Å². The number of benzene rings is 1. The van der Waals surface area contributed by atoms with Gasteiger partial charge in [0.1, 0.15) is 0 Å². The zero-order chi connectivity index (χ0) is 16.1.